The maximum absolute atomic E-state index is 12.6. The molecule has 7 heteroatoms. The van der Waals surface area contributed by atoms with E-state index in [1.807, 2.05) is 37.7 Å². The molecular formula is C19H25N3O3S. The Balaban J connectivity index is 2.01. The molecule has 1 atom stereocenters. The minimum absolute atomic E-state index is 0.288. The van der Waals surface area contributed by atoms with Crippen LogP contribution < -0.4 is 10.6 Å². The van der Waals surface area contributed by atoms with Gasteiger partial charge in [-0.25, -0.2) is 9.59 Å². The van der Waals surface area contributed by atoms with Crippen molar-refractivity contribution in [2.45, 2.75) is 19.9 Å². The van der Waals surface area contributed by atoms with Gasteiger partial charge < -0.3 is 15.4 Å². The van der Waals surface area contributed by atoms with Crippen LogP contribution in [0.15, 0.2) is 29.5 Å². The number of esters is 1. The molecule has 6 nitrogen and oxygen atoms in total. The van der Waals surface area contributed by atoms with Crippen molar-refractivity contribution in [2.24, 2.45) is 0 Å². The summed E-state index contributed by atoms with van der Waals surface area (Å²) < 4.78 is 5.05. The Morgan fingerprint density at radius 1 is 1.31 bits per heavy atom. The third-order valence-electron chi connectivity index (χ3n) is 4.78. The van der Waals surface area contributed by atoms with Crippen LogP contribution in [0.2, 0.25) is 0 Å². The Kier molecular flexibility index (Phi) is 5.88. The number of hydrogen-bond donors (Lipinski definition) is 2. The van der Waals surface area contributed by atoms with E-state index in [1.165, 1.54) is 7.11 Å². The second-order valence-electron chi connectivity index (χ2n) is 6.66. The van der Waals surface area contributed by atoms with E-state index < -0.39 is 12.0 Å². The van der Waals surface area contributed by atoms with E-state index in [-0.39, 0.29) is 6.03 Å². The molecule has 1 saturated heterocycles. The third-order valence-corrected chi connectivity index (χ3v) is 5.72. The fourth-order valence-corrected chi connectivity index (χ4v) is 4.44. The largest absolute Gasteiger partial charge is 0.466 e. The number of carbonyl (C=O) groups is 2. The minimum atomic E-state index is -0.508. The van der Waals surface area contributed by atoms with Gasteiger partial charge in [0, 0.05) is 36.8 Å². The number of urea groups is 1. The molecule has 2 aliphatic rings. The van der Waals surface area contributed by atoms with Crippen LogP contribution in [-0.2, 0) is 9.53 Å². The average molecular weight is 375 g/mol. The van der Waals surface area contributed by atoms with Crippen molar-refractivity contribution >= 4 is 23.8 Å². The summed E-state index contributed by atoms with van der Waals surface area (Å²) >= 11 is 1.92. The molecule has 2 aliphatic heterocycles. The molecule has 1 fully saturated rings. The smallest absolute Gasteiger partial charge is 0.338 e. The third kappa shape index (κ3) is 4.04. The first kappa shape index (κ1) is 18.8. The lowest BCUT2D eigenvalue weighted by atomic mass is 9.91. The minimum Gasteiger partial charge on any atom is -0.466 e. The zero-order valence-electron chi connectivity index (χ0n) is 15.4. The Labute approximate surface area is 158 Å². The second-order valence-corrected chi connectivity index (χ2v) is 7.89. The molecule has 0 bridgehead atoms. The lowest BCUT2D eigenvalue weighted by molar-refractivity contribution is -0.136. The Hall–Kier alpha value is -1.99. The Bertz CT molecular complexity index is 742. The standard InChI is InChI=1S/C19H25N3O3S/c1-12-4-5-14(13(2)10-12)17-16(18(23)25-3)15(20-19(24)21-17)11-22-6-8-26-9-7-22/h4-5,10,17H,6-9,11H2,1-3H3,(H2,20,21,24)/t17-/m0/s1. The number of benzene rings is 1. The van der Waals surface area contributed by atoms with Crippen LogP contribution in [0, 0.1) is 13.8 Å². The van der Waals surface area contributed by atoms with Crippen LogP contribution in [0.1, 0.15) is 22.7 Å². The zero-order chi connectivity index (χ0) is 18.7. The van der Waals surface area contributed by atoms with Crippen LogP contribution in [0.5, 0.6) is 0 Å². The van der Waals surface area contributed by atoms with Crippen molar-refractivity contribution in [3.8, 4) is 0 Å². The van der Waals surface area contributed by atoms with Crippen molar-refractivity contribution in [3.63, 3.8) is 0 Å². The van der Waals surface area contributed by atoms with E-state index in [4.69, 9.17) is 4.74 Å². The molecule has 2 N–H and O–H groups in total. The number of ether oxygens (including phenoxy) is 1. The predicted octanol–water partition coefficient (Wildman–Crippen LogP) is 2.13. The number of nitrogens with one attached hydrogen (secondary N) is 2. The number of thioether (sulfide) groups is 1. The molecule has 2 heterocycles. The molecule has 0 spiro atoms. The van der Waals surface area contributed by atoms with Crippen LogP contribution in [-0.4, -0.2) is 55.2 Å². The summed E-state index contributed by atoms with van der Waals surface area (Å²) in [5.41, 5.74) is 4.21. The topological polar surface area (TPSA) is 70.7 Å². The van der Waals surface area contributed by atoms with E-state index in [0.717, 1.165) is 41.3 Å². The van der Waals surface area contributed by atoms with Gasteiger partial charge in [-0.2, -0.15) is 11.8 Å². The predicted molar refractivity (Wildman–Crippen MR) is 103 cm³/mol. The summed E-state index contributed by atoms with van der Waals surface area (Å²) in [6, 6.07) is 5.22. The summed E-state index contributed by atoms with van der Waals surface area (Å²) in [7, 11) is 1.37. The maximum atomic E-state index is 12.6. The number of hydrogen-bond acceptors (Lipinski definition) is 5. The molecule has 2 amide bonds. The zero-order valence-corrected chi connectivity index (χ0v) is 16.2. The molecule has 1 aromatic rings. The first-order valence-electron chi connectivity index (χ1n) is 8.75. The van der Waals surface area contributed by atoms with E-state index in [1.54, 1.807) is 0 Å². The summed E-state index contributed by atoms with van der Waals surface area (Å²) in [6.45, 7) is 6.45. The maximum Gasteiger partial charge on any atom is 0.338 e. The molecule has 140 valence electrons. The second kappa shape index (κ2) is 8.14. The van der Waals surface area contributed by atoms with Crippen molar-refractivity contribution in [3.05, 3.63) is 46.2 Å². The fourth-order valence-electron chi connectivity index (χ4n) is 3.46. The van der Waals surface area contributed by atoms with E-state index in [0.29, 0.717) is 17.8 Å². The lowest BCUT2D eigenvalue weighted by Gasteiger charge is -2.33. The highest BCUT2D eigenvalue weighted by molar-refractivity contribution is 7.99. The van der Waals surface area contributed by atoms with Crippen LogP contribution >= 0.6 is 11.8 Å². The number of nitrogens with zero attached hydrogens (tertiary/aromatic N) is 1. The van der Waals surface area contributed by atoms with Crippen molar-refractivity contribution in [1.82, 2.24) is 15.5 Å². The van der Waals surface area contributed by atoms with Crippen molar-refractivity contribution in [2.75, 3.05) is 38.2 Å². The molecular weight excluding hydrogens is 350 g/mol. The molecule has 26 heavy (non-hydrogen) atoms. The molecule has 0 aliphatic carbocycles. The highest BCUT2D eigenvalue weighted by Crippen LogP contribution is 2.30. The van der Waals surface area contributed by atoms with Crippen LogP contribution in [0.4, 0.5) is 4.79 Å². The highest BCUT2D eigenvalue weighted by Gasteiger charge is 2.34. The first-order valence-corrected chi connectivity index (χ1v) is 9.91. The van der Waals surface area contributed by atoms with E-state index in [2.05, 4.69) is 21.6 Å². The van der Waals surface area contributed by atoms with Crippen LogP contribution in [0.25, 0.3) is 0 Å². The Morgan fingerprint density at radius 2 is 2.04 bits per heavy atom. The van der Waals surface area contributed by atoms with Gasteiger partial charge in [-0.05, 0) is 25.0 Å². The number of carbonyl (C=O) groups excluding carboxylic acids is 2. The monoisotopic (exact) mass is 375 g/mol. The van der Waals surface area contributed by atoms with Crippen molar-refractivity contribution < 1.29 is 14.3 Å². The summed E-state index contributed by atoms with van der Waals surface area (Å²) in [4.78, 5) is 27.2. The van der Waals surface area contributed by atoms with Gasteiger partial charge >= 0.3 is 12.0 Å². The van der Waals surface area contributed by atoms with Gasteiger partial charge in [0.2, 0.25) is 0 Å². The molecule has 1 aromatic carbocycles. The van der Waals surface area contributed by atoms with Gasteiger partial charge in [-0.1, -0.05) is 23.8 Å². The molecule has 0 aromatic heterocycles. The normalized spacial score (nSPS) is 21.2. The first-order chi connectivity index (χ1) is 12.5. The van der Waals surface area contributed by atoms with Gasteiger partial charge in [0.05, 0.1) is 18.7 Å². The Morgan fingerprint density at radius 3 is 2.69 bits per heavy atom. The molecule has 3 rings (SSSR count). The number of rotatable bonds is 4. The summed E-state index contributed by atoms with van der Waals surface area (Å²) in [6.07, 6.45) is 0. The van der Waals surface area contributed by atoms with Gasteiger partial charge in [0.15, 0.2) is 0 Å². The summed E-state index contributed by atoms with van der Waals surface area (Å²) in [5, 5.41) is 5.73. The van der Waals surface area contributed by atoms with E-state index in [9.17, 15) is 9.59 Å². The highest BCUT2D eigenvalue weighted by atomic mass is 32.2. The average Bonchev–Trinajstić information content (AvgIpc) is 2.61. The number of amides is 2. The molecule has 0 saturated carbocycles. The van der Waals surface area contributed by atoms with Crippen molar-refractivity contribution in [1.29, 1.82) is 0 Å². The number of aryl methyl sites for hydroxylation is 2. The SMILES string of the molecule is COC(=O)C1=C(CN2CCSCC2)NC(=O)N[C@H]1c1ccc(C)cc1C. The lowest BCUT2D eigenvalue weighted by Crippen LogP contribution is -2.49. The summed E-state index contributed by atoms with van der Waals surface area (Å²) in [5.74, 6) is 1.71. The quantitative estimate of drug-likeness (QED) is 0.789. The van der Waals surface area contributed by atoms with Crippen LogP contribution in [0.3, 0.4) is 0 Å². The van der Waals surface area contributed by atoms with Gasteiger partial charge in [-0.3, -0.25) is 4.90 Å². The van der Waals surface area contributed by atoms with Gasteiger partial charge in [-0.15, -0.1) is 0 Å². The number of methoxy groups -OCH3 is 1. The molecule has 0 radical (unpaired) electrons. The van der Waals surface area contributed by atoms with E-state index >= 15 is 0 Å². The van der Waals surface area contributed by atoms with Gasteiger partial charge in [0.1, 0.15) is 0 Å². The fraction of sp³-hybridized carbons (Fsp3) is 0.474. The molecule has 0 unspecified atom stereocenters. The van der Waals surface area contributed by atoms with Gasteiger partial charge in [0.25, 0.3) is 0 Å².